The predicted molar refractivity (Wildman–Crippen MR) is 115 cm³/mol. The number of likely N-dealkylation sites (tertiary alicyclic amines) is 1. The number of nitrogens with zero attached hydrogens (tertiary/aromatic N) is 3. The highest BCUT2D eigenvalue weighted by molar-refractivity contribution is 6.06. The summed E-state index contributed by atoms with van der Waals surface area (Å²) < 4.78 is 5.61. The van der Waals surface area contributed by atoms with Crippen molar-refractivity contribution in [2.75, 3.05) is 25.5 Å². The first-order valence-corrected chi connectivity index (χ1v) is 10.9. The number of aryl methyl sites for hydroxylation is 1. The first-order chi connectivity index (χ1) is 15.9. The molecule has 2 atom stereocenters. The Morgan fingerprint density at radius 1 is 1.33 bits per heavy atom. The molecule has 1 aromatic heterocycles. The predicted octanol–water partition coefficient (Wildman–Crippen LogP) is 1.64. The molecule has 2 fully saturated rings. The van der Waals surface area contributed by atoms with E-state index in [1.54, 1.807) is 35.5 Å². The molecule has 0 saturated carbocycles. The van der Waals surface area contributed by atoms with Crippen LogP contribution < -0.4 is 10.6 Å². The molecule has 3 aliphatic rings. The number of aromatic nitrogens is 2. The lowest BCUT2D eigenvalue weighted by atomic mass is 9.94. The van der Waals surface area contributed by atoms with Gasteiger partial charge in [-0.15, -0.1) is 0 Å². The van der Waals surface area contributed by atoms with E-state index in [9.17, 15) is 19.2 Å². The number of H-pyrrole nitrogens is 1. The van der Waals surface area contributed by atoms with Gasteiger partial charge >= 0.3 is 12.1 Å². The number of imide groups is 1. The number of rotatable bonds is 4. The van der Waals surface area contributed by atoms with Gasteiger partial charge < -0.3 is 25.3 Å². The van der Waals surface area contributed by atoms with Crippen LogP contribution in [0.2, 0.25) is 0 Å². The molecule has 1 aliphatic carbocycles. The minimum Gasteiger partial charge on any atom is -0.427 e. The van der Waals surface area contributed by atoms with Crippen molar-refractivity contribution in [1.29, 1.82) is 0 Å². The van der Waals surface area contributed by atoms with Crippen LogP contribution >= 0.6 is 0 Å². The van der Waals surface area contributed by atoms with Gasteiger partial charge in [-0.05, 0) is 37.0 Å². The molecule has 5 rings (SSSR count). The Hall–Kier alpha value is -3.89. The molecule has 2 aliphatic heterocycles. The first kappa shape index (κ1) is 21.0. The van der Waals surface area contributed by atoms with Crippen molar-refractivity contribution < 1.29 is 23.9 Å². The molecule has 1 unspecified atom stereocenters. The Labute approximate surface area is 189 Å². The lowest BCUT2D eigenvalue weighted by Gasteiger charge is -2.25. The molecule has 3 heterocycles. The van der Waals surface area contributed by atoms with E-state index >= 15 is 0 Å². The third-order valence-electron chi connectivity index (χ3n) is 6.55. The van der Waals surface area contributed by atoms with Crippen molar-refractivity contribution >= 4 is 29.6 Å². The summed E-state index contributed by atoms with van der Waals surface area (Å²) in [6, 6.07) is 4.57. The highest BCUT2D eigenvalue weighted by Gasteiger charge is 2.58. The zero-order valence-corrected chi connectivity index (χ0v) is 18.1. The monoisotopic (exact) mass is 452 g/mol. The van der Waals surface area contributed by atoms with Crippen molar-refractivity contribution in [3.63, 3.8) is 0 Å². The fourth-order valence-electron chi connectivity index (χ4n) is 4.96. The van der Waals surface area contributed by atoms with E-state index in [2.05, 4.69) is 20.6 Å². The third-order valence-corrected chi connectivity index (χ3v) is 6.55. The fourth-order valence-corrected chi connectivity index (χ4v) is 4.96. The second-order valence-electron chi connectivity index (χ2n) is 8.38. The normalized spacial score (nSPS) is 23.7. The lowest BCUT2D eigenvalue weighted by molar-refractivity contribution is -0.142. The smallest absolute Gasteiger partial charge is 0.418 e. The van der Waals surface area contributed by atoms with Crippen molar-refractivity contribution in [1.82, 2.24) is 25.1 Å². The Balaban J connectivity index is 1.34. The molecule has 5 amide bonds. The van der Waals surface area contributed by atoms with Crippen molar-refractivity contribution in [2.24, 2.45) is 0 Å². The zero-order chi connectivity index (χ0) is 23.2. The molecule has 0 radical (unpaired) electrons. The molecular weight excluding hydrogens is 428 g/mol. The highest BCUT2D eigenvalue weighted by atomic mass is 16.6. The summed E-state index contributed by atoms with van der Waals surface area (Å²) in [5.74, 6) is -0.154. The van der Waals surface area contributed by atoms with E-state index in [1.165, 1.54) is 7.05 Å². The van der Waals surface area contributed by atoms with E-state index in [1.807, 2.05) is 0 Å². The lowest BCUT2D eigenvalue weighted by Crippen LogP contribution is -2.44. The molecule has 11 heteroatoms. The molecule has 2 saturated heterocycles. The molecule has 11 nitrogen and oxygen atoms in total. The number of benzene rings is 1. The van der Waals surface area contributed by atoms with Gasteiger partial charge in [-0.3, -0.25) is 9.59 Å². The number of fused-ring (bicyclic) bond motifs is 2. The highest BCUT2D eigenvalue weighted by Crippen LogP contribution is 2.46. The summed E-state index contributed by atoms with van der Waals surface area (Å²) in [5.41, 5.74) is 0.555. The van der Waals surface area contributed by atoms with Gasteiger partial charge in [0.15, 0.2) is 0 Å². The Kier molecular flexibility index (Phi) is 5.03. The summed E-state index contributed by atoms with van der Waals surface area (Å²) in [6.07, 6.45) is 4.90. The molecule has 3 N–H and O–H groups in total. The second kappa shape index (κ2) is 7.91. The van der Waals surface area contributed by atoms with E-state index in [-0.39, 0.29) is 24.5 Å². The number of carbonyl (C=O) groups excluding carboxylic acids is 4. The zero-order valence-electron chi connectivity index (χ0n) is 18.1. The van der Waals surface area contributed by atoms with Gasteiger partial charge in [-0.1, -0.05) is 6.07 Å². The number of hydrogen-bond donors (Lipinski definition) is 3. The van der Waals surface area contributed by atoms with Crippen LogP contribution in [0, 0.1) is 0 Å². The van der Waals surface area contributed by atoms with Crippen LogP contribution in [0.15, 0.2) is 30.6 Å². The molecular formula is C22H24N6O5. The van der Waals surface area contributed by atoms with Crippen molar-refractivity contribution in [3.8, 4) is 0 Å². The number of anilines is 1. The van der Waals surface area contributed by atoms with Gasteiger partial charge in [0.05, 0.1) is 6.04 Å². The van der Waals surface area contributed by atoms with E-state index in [0.29, 0.717) is 36.5 Å². The minimum atomic E-state index is -1.43. The van der Waals surface area contributed by atoms with Crippen LogP contribution in [0.3, 0.4) is 0 Å². The minimum absolute atomic E-state index is 0.200. The average molecular weight is 452 g/mol. The van der Waals surface area contributed by atoms with Crippen LogP contribution in [0.1, 0.15) is 42.3 Å². The summed E-state index contributed by atoms with van der Waals surface area (Å²) in [4.78, 5) is 60.6. The Bertz CT molecular complexity index is 1130. The number of amides is 5. The molecule has 33 heavy (non-hydrogen) atoms. The largest absolute Gasteiger partial charge is 0.427 e. The van der Waals surface area contributed by atoms with Crippen LogP contribution in [0.25, 0.3) is 0 Å². The quantitative estimate of drug-likeness (QED) is 0.645. The van der Waals surface area contributed by atoms with Gasteiger partial charge in [-0.2, -0.15) is 0 Å². The maximum atomic E-state index is 13.4. The maximum absolute atomic E-state index is 13.4. The summed E-state index contributed by atoms with van der Waals surface area (Å²) >= 11 is 0. The van der Waals surface area contributed by atoms with Crippen molar-refractivity contribution in [2.45, 2.75) is 37.3 Å². The Morgan fingerprint density at radius 2 is 2.18 bits per heavy atom. The van der Waals surface area contributed by atoms with E-state index in [4.69, 9.17) is 4.74 Å². The number of aromatic amines is 1. The SMILES string of the molecule is CNC(=O)Nc1ccc2c(c1)CCC21OC(=O)N(CC(=O)N2CCC[C@H]2c2ncc[nH]2)C1=O. The summed E-state index contributed by atoms with van der Waals surface area (Å²) in [5, 5.41) is 5.17. The summed E-state index contributed by atoms with van der Waals surface area (Å²) in [6.45, 7) is 0.165. The third kappa shape index (κ3) is 3.40. The number of urea groups is 1. The van der Waals surface area contributed by atoms with Crippen LogP contribution in [-0.4, -0.2) is 63.8 Å². The number of imidazole rings is 1. The maximum Gasteiger partial charge on any atom is 0.418 e. The van der Waals surface area contributed by atoms with Crippen molar-refractivity contribution in [3.05, 3.63) is 47.5 Å². The van der Waals surface area contributed by atoms with Gasteiger partial charge in [0.1, 0.15) is 12.4 Å². The fraction of sp³-hybridized carbons (Fsp3) is 0.409. The molecule has 1 aromatic carbocycles. The molecule has 172 valence electrons. The molecule has 1 spiro atoms. The number of carbonyl (C=O) groups is 4. The van der Waals surface area contributed by atoms with Crippen LogP contribution in [-0.2, 0) is 26.3 Å². The number of ether oxygens (including phenoxy) is 1. The van der Waals surface area contributed by atoms with E-state index < -0.39 is 17.6 Å². The van der Waals surface area contributed by atoms with Gasteiger partial charge in [-0.25, -0.2) is 19.5 Å². The standard InChI is InChI=1S/C22H24N6O5/c1-23-20(31)26-14-4-5-15-13(11-14)6-7-22(15)19(30)28(21(32)33-22)12-17(29)27-10-2-3-16(27)18-24-8-9-25-18/h4-5,8-9,11,16H,2-3,6-7,10,12H2,1H3,(H,24,25)(H2,23,26,31)/t16-,22?/m0/s1. The van der Waals surface area contributed by atoms with Gasteiger partial charge in [0, 0.05) is 43.7 Å². The van der Waals surface area contributed by atoms with Gasteiger partial charge in [0.25, 0.3) is 5.91 Å². The Morgan fingerprint density at radius 3 is 2.94 bits per heavy atom. The molecule has 0 bridgehead atoms. The van der Waals surface area contributed by atoms with E-state index in [0.717, 1.165) is 23.3 Å². The molecule has 2 aromatic rings. The number of hydrogen-bond acceptors (Lipinski definition) is 6. The summed E-state index contributed by atoms with van der Waals surface area (Å²) in [7, 11) is 1.52. The first-order valence-electron chi connectivity index (χ1n) is 10.9. The topological polar surface area (TPSA) is 137 Å². The number of nitrogens with one attached hydrogen (secondary N) is 3. The second-order valence-corrected chi connectivity index (χ2v) is 8.38. The van der Waals surface area contributed by atoms with Crippen LogP contribution in [0.4, 0.5) is 15.3 Å². The van der Waals surface area contributed by atoms with Crippen LogP contribution in [0.5, 0.6) is 0 Å². The van der Waals surface area contributed by atoms with Gasteiger partial charge in [0.2, 0.25) is 11.5 Å². The average Bonchev–Trinajstić information content (AvgIpc) is 3.59.